The number of rotatable bonds is 5. The highest BCUT2D eigenvalue weighted by atomic mass is 16.5. The van der Waals surface area contributed by atoms with E-state index in [4.69, 9.17) is 4.74 Å². The predicted octanol–water partition coefficient (Wildman–Crippen LogP) is 1.72. The van der Waals surface area contributed by atoms with E-state index in [-0.39, 0.29) is 24.6 Å². The third kappa shape index (κ3) is 3.56. The van der Waals surface area contributed by atoms with Crippen LogP contribution < -0.4 is 5.32 Å². The van der Waals surface area contributed by atoms with Gasteiger partial charge in [0, 0.05) is 11.8 Å². The van der Waals surface area contributed by atoms with Crippen molar-refractivity contribution in [1.82, 2.24) is 10.3 Å². The van der Waals surface area contributed by atoms with Gasteiger partial charge in [-0.3, -0.25) is 14.6 Å². The number of benzene rings is 1. The lowest BCUT2D eigenvalue weighted by Crippen LogP contribution is -2.38. The summed E-state index contributed by atoms with van der Waals surface area (Å²) in [5.41, 5.74) is 2.51. The minimum Gasteiger partial charge on any atom is -0.505 e. The maximum Gasteiger partial charge on any atom is 0.325 e. The maximum absolute atomic E-state index is 12.4. The lowest BCUT2D eigenvalue weighted by Gasteiger charge is -2.29. The highest BCUT2D eigenvalue weighted by molar-refractivity contribution is 6.01. The van der Waals surface area contributed by atoms with Crippen molar-refractivity contribution in [1.29, 1.82) is 0 Å². The molecule has 0 aromatic heterocycles. The summed E-state index contributed by atoms with van der Waals surface area (Å²) in [6, 6.07) is 5.51. The van der Waals surface area contributed by atoms with Crippen LogP contribution in [0.15, 0.2) is 29.0 Å². The second kappa shape index (κ2) is 7.63. The van der Waals surface area contributed by atoms with Crippen LogP contribution in [0.25, 0.3) is 5.76 Å². The summed E-state index contributed by atoms with van der Waals surface area (Å²) >= 11 is 0. The first kappa shape index (κ1) is 17.5. The van der Waals surface area contributed by atoms with E-state index in [0.717, 1.165) is 11.1 Å². The minimum absolute atomic E-state index is 0.00972. The number of nitrogens with zero attached hydrogens (tertiary/aromatic N) is 2. The molecule has 7 nitrogen and oxygen atoms in total. The van der Waals surface area contributed by atoms with E-state index in [2.05, 4.69) is 10.4 Å². The van der Waals surface area contributed by atoms with Gasteiger partial charge < -0.3 is 15.2 Å². The number of aryl methyl sites for hydroxylation is 1. The predicted molar refractivity (Wildman–Crippen MR) is 90.1 cm³/mol. The summed E-state index contributed by atoms with van der Waals surface area (Å²) in [5.74, 6) is -1.28. The molecule has 24 heavy (non-hydrogen) atoms. The van der Waals surface area contributed by atoms with Gasteiger partial charge in [0.1, 0.15) is 6.54 Å². The Labute approximate surface area is 140 Å². The average molecular weight is 331 g/mol. The Morgan fingerprint density at radius 2 is 2.21 bits per heavy atom. The van der Waals surface area contributed by atoms with Crippen LogP contribution in [0.3, 0.4) is 0 Å². The Kier molecular flexibility index (Phi) is 5.57. The Balaban J connectivity index is 2.34. The molecule has 2 N–H and O–H groups in total. The fraction of sp³-hybridized carbons (Fsp3) is 0.353. The van der Waals surface area contributed by atoms with E-state index < -0.39 is 11.9 Å². The van der Waals surface area contributed by atoms with Gasteiger partial charge in [-0.05, 0) is 31.9 Å². The fourth-order valence-corrected chi connectivity index (χ4v) is 2.52. The van der Waals surface area contributed by atoms with E-state index in [1.54, 1.807) is 19.9 Å². The average Bonchev–Trinajstić information content (AvgIpc) is 2.54. The zero-order valence-corrected chi connectivity index (χ0v) is 14.0. The number of carbonyl (C=O) groups excluding carboxylic acids is 2. The second-order valence-electron chi connectivity index (χ2n) is 5.22. The number of hydrogen-bond donors (Lipinski definition) is 2. The standard InChI is InChI=1S/C17H21N3O4/c1-4-19-20-10-13-11(3)7-6-8-12(13)16(22)15(20)17(23)18-9-14(21)24-5-2/h4,6-8,22H,5,9-10H2,1-3H3,(H,18,23)/b19-4-. The molecule has 2 rings (SSSR count). The number of hydrazone groups is 1. The highest BCUT2D eigenvalue weighted by Crippen LogP contribution is 2.32. The molecule has 128 valence electrons. The Hall–Kier alpha value is -2.83. The number of ether oxygens (including phenoxy) is 1. The van der Waals surface area contributed by atoms with Gasteiger partial charge >= 0.3 is 5.97 Å². The van der Waals surface area contributed by atoms with Crippen LogP contribution in [0.2, 0.25) is 0 Å². The maximum atomic E-state index is 12.4. The van der Waals surface area contributed by atoms with Gasteiger partial charge in [0.25, 0.3) is 5.91 Å². The van der Waals surface area contributed by atoms with Gasteiger partial charge in [-0.25, -0.2) is 0 Å². The molecule has 0 saturated carbocycles. The summed E-state index contributed by atoms with van der Waals surface area (Å²) in [4.78, 5) is 23.8. The van der Waals surface area contributed by atoms with Crippen molar-refractivity contribution in [3.63, 3.8) is 0 Å². The minimum atomic E-state index is -0.585. The molecule has 0 radical (unpaired) electrons. The molecular formula is C17H21N3O4. The Morgan fingerprint density at radius 1 is 1.46 bits per heavy atom. The molecule has 0 fully saturated rings. The molecule has 0 atom stereocenters. The van der Waals surface area contributed by atoms with Crippen molar-refractivity contribution in [3.05, 3.63) is 40.6 Å². The second-order valence-corrected chi connectivity index (χ2v) is 5.22. The third-order valence-electron chi connectivity index (χ3n) is 3.62. The van der Waals surface area contributed by atoms with E-state index in [1.807, 2.05) is 19.1 Å². The number of esters is 1. The molecular weight excluding hydrogens is 310 g/mol. The summed E-state index contributed by atoms with van der Waals surface area (Å²) in [7, 11) is 0. The number of amides is 1. The van der Waals surface area contributed by atoms with Crippen LogP contribution in [0.4, 0.5) is 0 Å². The molecule has 1 aromatic carbocycles. The summed E-state index contributed by atoms with van der Waals surface area (Å²) < 4.78 is 4.78. The van der Waals surface area contributed by atoms with E-state index in [0.29, 0.717) is 12.1 Å². The molecule has 0 aliphatic carbocycles. The van der Waals surface area contributed by atoms with E-state index in [9.17, 15) is 14.7 Å². The molecule has 0 unspecified atom stereocenters. The van der Waals surface area contributed by atoms with Gasteiger partial charge in [-0.15, -0.1) is 0 Å². The number of aliphatic hydroxyl groups excluding tert-OH is 1. The van der Waals surface area contributed by atoms with Crippen molar-refractivity contribution >= 4 is 23.9 Å². The molecule has 1 aliphatic rings. The van der Waals surface area contributed by atoms with Crippen LogP contribution in [-0.4, -0.2) is 41.4 Å². The fourth-order valence-electron chi connectivity index (χ4n) is 2.52. The molecule has 1 aliphatic heterocycles. The van der Waals surface area contributed by atoms with Crippen molar-refractivity contribution < 1.29 is 19.4 Å². The molecule has 0 bridgehead atoms. The molecule has 0 saturated heterocycles. The smallest absolute Gasteiger partial charge is 0.325 e. The Bertz CT molecular complexity index is 710. The van der Waals surface area contributed by atoms with Crippen LogP contribution >= 0.6 is 0 Å². The number of hydrogen-bond acceptors (Lipinski definition) is 6. The SMILES string of the molecule is C/C=N\N1Cc2c(C)cccc2C(O)=C1C(=O)NCC(=O)OCC. The van der Waals surface area contributed by atoms with Gasteiger partial charge in [-0.1, -0.05) is 18.2 Å². The molecule has 1 aromatic rings. The van der Waals surface area contributed by atoms with Crippen LogP contribution in [0.5, 0.6) is 0 Å². The van der Waals surface area contributed by atoms with Gasteiger partial charge in [0.2, 0.25) is 0 Å². The molecule has 0 spiro atoms. The quantitative estimate of drug-likeness (QED) is 0.633. The summed E-state index contributed by atoms with van der Waals surface area (Å²) in [5, 5.41) is 18.6. The number of fused-ring (bicyclic) bond motifs is 1. The molecule has 7 heteroatoms. The summed E-state index contributed by atoms with van der Waals surface area (Å²) in [6.07, 6.45) is 1.54. The topological polar surface area (TPSA) is 91.2 Å². The van der Waals surface area contributed by atoms with Gasteiger partial charge in [-0.2, -0.15) is 5.10 Å². The highest BCUT2D eigenvalue weighted by Gasteiger charge is 2.30. The molecule has 1 heterocycles. The number of nitrogens with one attached hydrogen (secondary N) is 1. The number of aliphatic hydroxyl groups is 1. The monoisotopic (exact) mass is 331 g/mol. The summed E-state index contributed by atoms with van der Waals surface area (Å²) in [6.45, 7) is 5.67. The van der Waals surface area contributed by atoms with Gasteiger partial charge in [0.05, 0.1) is 13.2 Å². The van der Waals surface area contributed by atoms with Crippen LogP contribution in [0, 0.1) is 6.92 Å². The van der Waals surface area contributed by atoms with Gasteiger partial charge in [0.15, 0.2) is 11.5 Å². The zero-order chi connectivity index (χ0) is 17.7. The first-order valence-corrected chi connectivity index (χ1v) is 7.71. The van der Waals surface area contributed by atoms with Crippen molar-refractivity contribution in [3.8, 4) is 0 Å². The number of carbonyl (C=O) groups is 2. The zero-order valence-electron chi connectivity index (χ0n) is 14.0. The lowest BCUT2D eigenvalue weighted by atomic mass is 9.96. The Morgan fingerprint density at radius 3 is 2.88 bits per heavy atom. The lowest BCUT2D eigenvalue weighted by molar-refractivity contribution is -0.143. The van der Waals surface area contributed by atoms with E-state index >= 15 is 0 Å². The normalized spacial score (nSPS) is 13.9. The van der Waals surface area contributed by atoms with Crippen molar-refractivity contribution in [2.45, 2.75) is 27.3 Å². The largest absolute Gasteiger partial charge is 0.505 e. The van der Waals surface area contributed by atoms with Crippen molar-refractivity contribution in [2.24, 2.45) is 5.10 Å². The first-order valence-electron chi connectivity index (χ1n) is 7.71. The van der Waals surface area contributed by atoms with Crippen molar-refractivity contribution in [2.75, 3.05) is 13.2 Å². The molecule has 1 amide bonds. The van der Waals surface area contributed by atoms with Crippen LogP contribution in [0.1, 0.15) is 30.5 Å². The van der Waals surface area contributed by atoms with Crippen LogP contribution in [-0.2, 0) is 20.9 Å². The first-order chi connectivity index (χ1) is 11.5. The van der Waals surface area contributed by atoms with E-state index in [1.165, 1.54) is 11.2 Å². The third-order valence-corrected chi connectivity index (χ3v) is 3.62.